The van der Waals surface area contributed by atoms with Crippen LogP contribution in [-0.4, -0.2) is 19.2 Å². The molecule has 100 valence electrons. The number of carbonyl (C=O) groups is 1. The number of carbonyl (C=O) groups excluding carboxylic acids is 1. The summed E-state index contributed by atoms with van der Waals surface area (Å²) in [7, 11) is 1.64. The van der Waals surface area contributed by atoms with Crippen LogP contribution in [0.15, 0.2) is 24.3 Å². The molecule has 0 heterocycles. The zero-order valence-electron chi connectivity index (χ0n) is 11.3. The van der Waals surface area contributed by atoms with Gasteiger partial charge in [0, 0.05) is 24.4 Å². The summed E-state index contributed by atoms with van der Waals surface area (Å²) >= 11 is 0. The second-order valence-electron chi connectivity index (χ2n) is 4.20. The van der Waals surface area contributed by atoms with Crippen molar-refractivity contribution in [1.82, 2.24) is 5.32 Å². The van der Waals surface area contributed by atoms with Gasteiger partial charge >= 0.3 is 6.03 Å². The highest BCUT2D eigenvalue weighted by Gasteiger charge is 2.09. The van der Waals surface area contributed by atoms with E-state index < -0.39 is 0 Å². The molecule has 0 aliphatic heterocycles. The molecule has 0 fully saturated rings. The summed E-state index contributed by atoms with van der Waals surface area (Å²) in [4.78, 5) is 11.8. The maximum absolute atomic E-state index is 11.8. The minimum absolute atomic E-state index is 0.160. The quantitative estimate of drug-likeness (QED) is 0.815. The van der Waals surface area contributed by atoms with Gasteiger partial charge in [-0.05, 0) is 18.9 Å². The van der Waals surface area contributed by atoms with Crippen LogP contribution in [0, 0.1) is 0 Å². The van der Waals surface area contributed by atoms with Gasteiger partial charge in [0.15, 0.2) is 0 Å². The Morgan fingerprint density at radius 1 is 1.28 bits per heavy atom. The first-order valence-electron chi connectivity index (χ1n) is 6.35. The molecule has 4 nitrogen and oxygen atoms in total. The van der Waals surface area contributed by atoms with Crippen LogP contribution < -0.4 is 10.6 Å². The number of benzene rings is 1. The lowest BCUT2D eigenvalue weighted by molar-refractivity contribution is 0.185. The summed E-state index contributed by atoms with van der Waals surface area (Å²) in [6.45, 7) is 4.61. The number of amides is 2. The van der Waals surface area contributed by atoms with E-state index >= 15 is 0 Å². The average Bonchev–Trinajstić information content (AvgIpc) is 2.38. The molecule has 0 spiro atoms. The Bertz CT molecular complexity index is 376. The van der Waals surface area contributed by atoms with Crippen LogP contribution in [0.5, 0.6) is 0 Å². The lowest BCUT2D eigenvalue weighted by Crippen LogP contribution is -2.37. The first-order valence-corrected chi connectivity index (χ1v) is 6.35. The number of hydrogen-bond acceptors (Lipinski definition) is 2. The van der Waals surface area contributed by atoms with Crippen LogP contribution in [0.3, 0.4) is 0 Å². The Kier molecular flexibility index (Phi) is 6.22. The molecular formula is C14H22N2O2. The van der Waals surface area contributed by atoms with Gasteiger partial charge in [0.25, 0.3) is 0 Å². The molecule has 1 aromatic carbocycles. The van der Waals surface area contributed by atoms with E-state index in [2.05, 4.69) is 24.5 Å². The van der Waals surface area contributed by atoms with E-state index in [4.69, 9.17) is 4.74 Å². The lowest BCUT2D eigenvalue weighted by atomic mass is 10.2. The molecule has 0 saturated carbocycles. The van der Waals surface area contributed by atoms with Crippen LogP contribution >= 0.6 is 0 Å². The van der Waals surface area contributed by atoms with Crippen molar-refractivity contribution in [2.45, 2.75) is 39.3 Å². The molecule has 1 rings (SSSR count). The number of para-hydroxylation sites is 1. The number of anilines is 1. The molecular weight excluding hydrogens is 228 g/mol. The van der Waals surface area contributed by atoms with Crippen molar-refractivity contribution in [1.29, 1.82) is 0 Å². The van der Waals surface area contributed by atoms with Gasteiger partial charge in [0.1, 0.15) is 0 Å². The summed E-state index contributed by atoms with van der Waals surface area (Å²) in [6, 6.07) is 7.70. The van der Waals surface area contributed by atoms with Crippen molar-refractivity contribution in [2.24, 2.45) is 0 Å². The number of ether oxygens (including phenoxy) is 1. The molecule has 1 aromatic rings. The fraction of sp³-hybridized carbons (Fsp3) is 0.500. The maximum atomic E-state index is 11.8. The third kappa shape index (κ3) is 4.37. The van der Waals surface area contributed by atoms with Gasteiger partial charge < -0.3 is 15.4 Å². The summed E-state index contributed by atoms with van der Waals surface area (Å²) in [6.07, 6.45) is 1.87. The van der Waals surface area contributed by atoms with E-state index in [-0.39, 0.29) is 12.1 Å². The minimum atomic E-state index is -0.160. The van der Waals surface area contributed by atoms with E-state index in [0.29, 0.717) is 6.61 Å². The molecule has 0 aliphatic rings. The second-order valence-corrected chi connectivity index (χ2v) is 4.20. The van der Waals surface area contributed by atoms with Crippen LogP contribution in [-0.2, 0) is 11.3 Å². The van der Waals surface area contributed by atoms with Crippen LogP contribution in [0.2, 0.25) is 0 Å². The highest BCUT2D eigenvalue weighted by Crippen LogP contribution is 2.15. The van der Waals surface area contributed by atoms with Crippen LogP contribution in [0.25, 0.3) is 0 Å². The largest absolute Gasteiger partial charge is 0.380 e. The number of urea groups is 1. The lowest BCUT2D eigenvalue weighted by Gasteiger charge is -2.16. The molecule has 0 unspecified atom stereocenters. The topological polar surface area (TPSA) is 50.4 Å². The monoisotopic (exact) mass is 250 g/mol. The molecule has 2 amide bonds. The standard InChI is InChI=1S/C14H22N2O2/c1-4-12(5-2)15-14(17)16-13-9-7-6-8-11(13)10-18-3/h6-9,12H,4-5,10H2,1-3H3,(H2,15,16,17). The summed E-state index contributed by atoms with van der Waals surface area (Å²) < 4.78 is 5.10. The van der Waals surface area contributed by atoms with Gasteiger partial charge in [0.2, 0.25) is 0 Å². The first-order chi connectivity index (χ1) is 8.71. The first kappa shape index (κ1) is 14.5. The Morgan fingerprint density at radius 3 is 2.56 bits per heavy atom. The van der Waals surface area contributed by atoms with Crippen LogP contribution in [0.4, 0.5) is 10.5 Å². The van der Waals surface area contributed by atoms with Crippen molar-refractivity contribution in [2.75, 3.05) is 12.4 Å². The Hall–Kier alpha value is -1.55. The molecule has 0 atom stereocenters. The molecule has 0 aliphatic carbocycles. The van der Waals surface area contributed by atoms with Crippen LogP contribution in [0.1, 0.15) is 32.3 Å². The van der Waals surface area contributed by atoms with Gasteiger partial charge in [-0.15, -0.1) is 0 Å². The van der Waals surface area contributed by atoms with E-state index in [1.165, 1.54) is 0 Å². The number of rotatable bonds is 6. The van der Waals surface area contributed by atoms with Gasteiger partial charge in [-0.3, -0.25) is 0 Å². The molecule has 2 N–H and O–H groups in total. The normalized spacial score (nSPS) is 10.4. The van der Waals surface area contributed by atoms with Gasteiger partial charge in [-0.1, -0.05) is 32.0 Å². The maximum Gasteiger partial charge on any atom is 0.319 e. The smallest absolute Gasteiger partial charge is 0.319 e. The predicted octanol–water partition coefficient (Wildman–Crippen LogP) is 3.14. The molecule has 0 bridgehead atoms. The van der Waals surface area contributed by atoms with Crippen molar-refractivity contribution >= 4 is 11.7 Å². The van der Waals surface area contributed by atoms with Crippen molar-refractivity contribution in [3.05, 3.63) is 29.8 Å². The van der Waals surface area contributed by atoms with Crippen molar-refractivity contribution in [3.63, 3.8) is 0 Å². The zero-order valence-corrected chi connectivity index (χ0v) is 11.3. The number of methoxy groups -OCH3 is 1. The summed E-state index contributed by atoms with van der Waals surface area (Å²) in [5.41, 5.74) is 1.77. The van der Waals surface area contributed by atoms with Crippen molar-refractivity contribution < 1.29 is 9.53 Å². The van der Waals surface area contributed by atoms with E-state index in [1.54, 1.807) is 7.11 Å². The van der Waals surface area contributed by atoms with E-state index in [1.807, 2.05) is 24.3 Å². The molecule has 0 aromatic heterocycles. The number of hydrogen-bond donors (Lipinski definition) is 2. The fourth-order valence-corrected chi connectivity index (χ4v) is 1.76. The summed E-state index contributed by atoms with van der Waals surface area (Å²) in [5, 5.41) is 5.81. The molecule has 18 heavy (non-hydrogen) atoms. The molecule has 0 saturated heterocycles. The Morgan fingerprint density at radius 2 is 1.94 bits per heavy atom. The highest BCUT2D eigenvalue weighted by atomic mass is 16.5. The Balaban J connectivity index is 2.63. The third-order valence-electron chi connectivity index (χ3n) is 2.89. The van der Waals surface area contributed by atoms with Gasteiger partial charge in [-0.25, -0.2) is 4.79 Å². The zero-order chi connectivity index (χ0) is 13.4. The van der Waals surface area contributed by atoms with E-state index in [9.17, 15) is 4.79 Å². The molecule has 4 heteroatoms. The SMILES string of the molecule is CCC(CC)NC(=O)Nc1ccccc1COC. The Labute approximate surface area is 109 Å². The summed E-state index contributed by atoms with van der Waals surface area (Å²) in [5.74, 6) is 0. The predicted molar refractivity (Wildman–Crippen MR) is 73.7 cm³/mol. The highest BCUT2D eigenvalue weighted by molar-refractivity contribution is 5.90. The number of nitrogens with one attached hydrogen (secondary N) is 2. The third-order valence-corrected chi connectivity index (χ3v) is 2.89. The van der Waals surface area contributed by atoms with E-state index in [0.717, 1.165) is 24.1 Å². The second kappa shape index (κ2) is 7.71. The average molecular weight is 250 g/mol. The molecule has 0 radical (unpaired) electrons. The fourth-order valence-electron chi connectivity index (χ4n) is 1.76. The minimum Gasteiger partial charge on any atom is -0.380 e. The van der Waals surface area contributed by atoms with Gasteiger partial charge in [-0.2, -0.15) is 0 Å². The van der Waals surface area contributed by atoms with Gasteiger partial charge in [0.05, 0.1) is 6.61 Å². The van der Waals surface area contributed by atoms with Crippen molar-refractivity contribution in [3.8, 4) is 0 Å².